The minimum absolute atomic E-state index is 0.370. The number of pyridine rings is 1. The molecule has 1 heterocycles. The molecule has 1 rings (SSSR count). The van der Waals surface area contributed by atoms with Crippen LogP contribution >= 0.6 is 15.9 Å². The Balaban J connectivity index is 2.95. The number of hydrogen-bond donors (Lipinski definition) is 0. The number of halogens is 2. The van der Waals surface area contributed by atoms with Gasteiger partial charge in [0.25, 0.3) is 0 Å². The van der Waals surface area contributed by atoms with E-state index < -0.39 is 5.95 Å². The third-order valence-electron chi connectivity index (χ3n) is 1.33. The Hall–Kier alpha value is -0.640. The van der Waals surface area contributed by atoms with E-state index in [1.807, 2.05) is 6.92 Å². The van der Waals surface area contributed by atoms with Crippen LogP contribution < -0.4 is 4.74 Å². The van der Waals surface area contributed by atoms with Gasteiger partial charge in [-0.15, -0.1) is 0 Å². The quantitative estimate of drug-likeness (QED) is 0.592. The van der Waals surface area contributed by atoms with Crippen LogP contribution in [0.15, 0.2) is 12.1 Å². The maximum atomic E-state index is 12.6. The van der Waals surface area contributed by atoms with Crippen LogP contribution in [0.3, 0.4) is 0 Å². The Morgan fingerprint density at radius 2 is 2.33 bits per heavy atom. The molecule has 0 saturated carbocycles. The van der Waals surface area contributed by atoms with Gasteiger partial charge in [0.1, 0.15) is 0 Å². The molecule has 0 saturated heterocycles. The van der Waals surface area contributed by atoms with Crippen molar-refractivity contribution in [1.82, 2.24) is 4.98 Å². The van der Waals surface area contributed by atoms with E-state index in [0.29, 0.717) is 17.8 Å². The van der Waals surface area contributed by atoms with Crippen molar-refractivity contribution in [2.24, 2.45) is 0 Å². The van der Waals surface area contributed by atoms with Crippen LogP contribution in [0.1, 0.15) is 12.5 Å². The molecule has 0 radical (unpaired) electrons. The highest BCUT2D eigenvalue weighted by Gasteiger charge is 2.04. The zero-order chi connectivity index (χ0) is 8.97. The largest absolute Gasteiger partial charge is 0.478 e. The van der Waals surface area contributed by atoms with Gasteiger partial charge in [-0.2, -0.15) is 9.37 Å². The Kier molecular flexibility index (Phi) is 3.47. The smallest absolute Gasteiger partial charge is 0.220 e. The first-order chi connectivity index (χ1) is 5.77. The van der Waals surface area contributed by atoms with E-state index in [0.717, 1.165) is 5.56 Å². The molecule has 0 aliphatic heterocycles. The number of aromatic nitrogens is 1. The normalized spacial score (nSPS) is 9.92. The summed E-state index contributed by atoms with van der Waals surface area (Å²) >= 11 is 3.26. The second-order valence-corrected chi connectivity index (χ2v) is 2.73. The van der Waals surface area contributed by atoms with E-state index >= 15 is 0 Å². The first-order valence-corrected chi connectivity index (χ1v) is 4.74. The zero-order valence-electron chi connectivity index (χ0n) is 6.68. The molecule has 0 fully saturated rings. The second-order valence-electron chi connectivity index (χ2n) is 2.16. The molecule has 2 nitrogen and oxygen atoms in total. The van der Waals surface area contributed by atoms with Gasteiger partial charge in [0.15, 0.2) is 0 Å². The van der Waals surface area contributed by atoms with Crippen LogP contribution in [0.5, 0.6) is 5.88 Å². The lowest BCUT2D eigenvalue weighted by Crippen LogP contribution is -1.99. The van der Waals surface area contributed by atoms with Crippen molar-refractivity contribution in [3.8, 4) is 5.88 Å². The van der Waals surface area contributed by atoms with Gasteiger partial charge in [-0.25, -0.2) is 0 Å². The summed E-state index contributed by atoms with van der Waals surface area (Å²) in [7, 11) is 0. The van der Waals surface area contributed by atoms with Gasteiger partial charge < -0.3 is 4.74 Å². The number of ether oxygens (including phenoxy) is 1. The summed E-state index contributed by atoms with van der Waals surface area (Å²) in [6, 6.07) is 2.97. The van der Waals surface area contributed by atoms with Crippen LogP contribution in [-0.4, -0.2) is 11.6 Å². The van der Waals surface area contributed by atoms with Gasteiger partial charge in [0.05, 0.1) is 6.61 Å². The molecule has 0 amide bonds. The highest BCUT2D eigenvalue weighted by Crippen LogP contribution is 2.18. The van der Waals surface area contributed by atoms with E-state index in [4.69, 9.17) is 4.74 Å². The van der Waals surface area contributed by atoms with Crippen molar-refractivity contribution in [3.63, 3.8) is 0 Å². The van der Waals surface area contributed by atoms with Gasteiger partial charge in [-0.05, 0) is 19.1 Å². The van der Waals surface area contributed by atoms with Gasteiger partial charge in [0, 0.05) is 10.9 Å². The van der Waals surface area contributed by atoms with Crippen molar-refractivity contribution in [2.45, 2.75) is 12.3 Å². The predicted molar refractivity (Wildman–Crippen MR) is 48.0 cm³/mol. The molecule has 4 heteroatoms. The SMILES string of the molecule is CCOc1nc(F)ccc1CBr. The van der Waals surface area contributed by atoms with Crippen LogP contribution in [0.4, 0.5) is 4.39 Å². The third kappa shape index (κ3) is 2.17. The summed E-state index contributed by atoms with van der Waals surface area (Å²) in [5, 5.41) is 0.621. The summed E-state index contributed by atoms with van der Waals surface area (Å²) in [6.07, 6.45) is 0. The standard InChI is InChI=1S/C8H9BrFNO/c1-2-12-8-6(5-9)3-4-7(10)11-8/h3-4H,2,5H2,1H3. The van der Waals surface area contributed by atoms with Gasteiger partial charge in [0.2, 0.25) is 11.8 Å². The van der Waals surface area contributed by atoms with Crippen molar-refractivity contribution in [1.29, 1.82) is 0 Å². The highest BCUT2D eigenvalue weighted by atomic mass is 79.9. The molecule has 12 heavy (non-hydrogen) atoms. The molecule has 0 aromatic carbocycles. The summed E-state index contributed by atoms with van der Waals surface area (Å²) < 4.78 is 17.7. The van der Waals surface area contributed by atoms with Gasteiger partial charge in [-0.1, -0.05) is 15.9 Å². The number of nitrogens with zero attached hydrogens (tertiary/aromatic N) is 1. The first kappa shape index (κ1) is 9.45. The molecule has 0 aliphatic carbocycles. The van der Waals surface area contributed by atoms with Crippen molar-refractivity contribution >= 4 is 15.9 Å². The average Bonchev–Trinajstić information content (AvgIpc) is 2.05. The monoisotopic (exact) mass is 233 g/mol. The predicted octanol–water partition coefficient (Wildman–Crippen LogP) is 2.51. The summed E-state index contributed by atoms with van der Waals surface area (Å²) in [5.41, 5.74) is 0.859. The molecular weight excluding hydrogens is 225 g/mol. The molecule has 0 bridgehead atoms. The lowest BCUT2D eigenvalue weighted by Gasteiger charge is -2.05. The number of alkyl halides is 1. The molecular formula is C8H9BrFNO. The van der Waals surface area contributed by atoms with Crippen LogP contribution in [0, 0.1) is 5.95 Å². The minimum Gasteiger partial charge on any atom is -0.478 e. The molecule has 1 aromatic rings. The Morgan fingerprint density at radius 1 is 1.58 bits per heavy atom. The van der Waals surface area contributed by atoms with Crippen molar-refractivity contribution < 1.29 is 9.13 Å². The van der Waals surface area contributed by atoms with E-state index in [-0.39, 0.29) is 0 Å². The maximum absolute atomic E-state index is 12.6. The highest BCUT2D eigenvalue weighted by molar-refractivity contribution is 9.08. The van der Waals surface area contributed by atoms with Gasteiger partial charge in [-0.3, -0.25) is 0 Å². The molecule has 1 aromatic heterocycles. The lowest BCUT2D eigenvalue weighted by atomic mass is 10.3. The van der Waals surface area contributed by atoms with Crippen LogP contribution in [0.2, 0.25) is 0 Å². The van der Waals surface area contributed by atoms with Gasteiger partial charge >= 0.3 is 0 Å². The number of hydrogen-bond acceptors (Lipinski definition) is 2. The summed E-state index contributed by atoms with van der Waals surface area (Å²) in [5.74, 6) is -0.141. The fraction of sp³-hybridized carbons (Fsp3) is 0.375. The second kappa shape index (κ2) is 4.40. The Labute approximate surface area is 78.9 Å². The first-order valence-electron chi connectivity index (χ1n) is 3.62. The van der Waals surface area contributed by atoms with E-state index in [1.165, 1.54) is 6.07 Å². The van der Waals surface area contributed by atoms with Crippen LogP contribution in [0.25, 0.3) is 0 Å². The van der Waals surface area contributed by atoms with Crippen LogP contribution in [-0.2, 0) is 5.33 Å². The molecule has 66 valence electrons. The van der Waals surface area contributed by atoms with Crippen molar-refractivity contribution in [3.05, 3.63) is 23.6 Å². The minimum atomic E-state index is -0.511. The molecule has 0 spiro atoms. The lowest BCUT2D eigenvalue weighted by molar-refractivity contribution is 0.318. The fourth-order valence-corrected chi connectivity index (χ4v) is 1.24. The molecule has 0 atom stereocenters. The van der Waals surface area contributed by atoms with Crippen molar-refractivity contribution in [2.75, 3.05) is 6.61 Å². The maximum Gasteiger partial charge on any atom is 0.220 e. The average molecular weight is 234 g/mol. The van der Waals surface area contributed by atoms with E-state index in [1.54, 1.807) is 6.07 Å². The summed E-state index contributed by atoms with van der Waals surface area (Å²) in [4.78, 5) is 3.61. The summed E-state index contributed by atoms with van der Waals surface area (Å²) in [6.45, 7) is 2.33. The zero-order valence-corrected chi connectivity index (χ0v) is 8.27. The molecule has 0 unspecified atom stereocenters. The molecule has 0 aliphatic rings. The van der Waals surface area contributed by atoms with E-state index in [2.05, 4.69) is 20.9 Å². The Morgan fingerprint density at radius 3 is 2.92 bits per heavy atom. The topological polar surface area (TPSA) is 22.1 Å². The van der Waals surface area contributed by atoms with E-state index in [9.17, 15) is 4.39 Å². The molecule has 0 N–H and O–H groups in total. The number of rotatable bonds is 3. The third-order valence-corrected chi connectivity index (χ3v) is 1.93. The fourth-order valence-electron chi connectivity index (χ4n) is 0.810. The Bertz CT molecular complexity index is 267.